The Morgan fingerprint density at radius 1 is 1.11 bits per heavy atom. The van der Waals surface area contributed by atoms with Gasteiger partial charge in [-0.2, -0.15) is 0 Å². The molecule has 2 rings (SSSR count). The van der Waals surface area contributed by atoms with Gasteiger partial charge in [0.05, 0.1) is 12.7 Å². The lowest BCUT2D eigenvalue weighted by Crippen LogP contribution is -2.20. The molecule has 0 aliphatic rings. The number of carbonyl (C=O) groups excluding carboxylic acids is 3. The predicted octanol–water partition coefficient (Wildman–Crippen LogP) is 3.63. The molecule has 0 aliphatic carbocycles. The maximum absolute atomic E-state index is 11.9. The van der Waals surface area contributed by atoms with Crippen molar-refractivity contribution in [3.63, 3.8) is 0 Å². The molecule has 0 bridgehead atoms. The predicted molar refractivity (Wildman–Crippen MR) is 103 cm³/mol. The summed E-state index contributed by atoms with van der Waals surface area (Å²) in [4.78, 5) is 34.9. The third kappa shape index (κ3) is 6.27. The van der Waals surface area contributed by atoms with Gasteiger partial charge in [0.15, 0.2) is 6.61 Å². The number of carbonyl (C=O) groups is 3. The minimum absolute atomic E-state index is 0.409. The van der Waals surface area contributed by atoms with E-state index in [9.17, 15) is 14.4 Å². The zero-order chi connectivity index (χ0) is 19.8. The van der Waals surface area contributed by atoms with Gasteiger partial charge >= 0.3 is 11.9 Å². The Balaban J connectivity index is 1.83. The molecule has 7 heteroatoms. The summed E-state index contributed by atoms with van der Waals surface area (Å²) in [5.74, 6) is -1.55. The second-order valence-electron chi connectivity index (χ2n) is 5.56. The van der Waals surface area contributed by atoms with Gasteiger partial charge in [0.1, 0.15) is 0 Å². The highest BCUT2D eigenvalue weighted by molar-refractivity contribution is 6.30. The molecule has 0 fully saturated rings. The number of nitrogens with one attached hydrogen (secondary N) is 1. The van der Waals surface area contributed by atoms with Gasteiger partial charge in [-0.05, 0) is 54.5 Å². The molecule has 0 saturated carbocycles. The van der Waals surface area contributed by atoms with E-state index in [1.54, 1.807) is 42.5 Å². The zero-order valence-electron chi connectivity index (χ0n) is 14.8. The molecule has 1 N–H and O–H groups in total. The number of aryl methyl sites for hydroxylation is 1. The summed E-state index contributed by atoms with van der Waals surface area (Å²) in [6.07, 6.45) is 2.72. The second-order valence-corrected chi connectivity index (χ2v) is 6.00. The van der Waals surface area contributed by atoms with Crippen LogP contribution in [0.15, 0.2) is 48.5 Å². The second kappa shape index (κ2) is 9.54. The molecule has 0 atom stereocenters. The van der Waals surface area contributed by atoms with E-state index in [1.165, 1.54) is 19.3 Å². The van der Waals surface area contributed by atoms with Crippen molar-refractivity contribution >= 4 is 41.2 Å². The van der Waals surface area contributed by atoms with Gasteiger partial charge in [-0.3, -0.25) is 4.79 Å². The van der Waals surface area contributed by atoms with Crippen LogP contribution < -0.4 is 5.32 Å². The molecule has 27 heavy (non-hydrogen) atoms. The number of hydrogen-bond acceptors (Lipinski definition) is 5. The van der Waals surface area contributed by atoms with Crippen LogP contribution in [0.25, 0.3) is 6.08 Å². The molecule has 0 spiro atoms. The van der Waals surface area contributed by atoms with Gasteiger partial charge in [0.2, 0.25) is 0 Å². The van der Waals surface area contributed by atoms with Gasteiger partial charge in [-0.15, -0.1) is 0 Å². The Hall–Kier alpha value is -3.12. The maximum atomic E-state index is 11.9. The quantitative estimate of drug-likeness (QED) is 0.604. The van der Waals surface area contributed by atoms with Crippen LogP contribution in [-0.2, 0) is 19.1 Å². The van der Waals surface area contributed by atoms with Crippen LogP contribution >= 0.6 is 11.6 Å². The van der Waals surface area contributed by atoms with E-state index in [4.69, 9.17) is 16.3 Å². The molecule has 2 aromatic carbocycles. The van der Waals surface area contributed by atoms with Crippen LogP contribution in [0.3, 0.4) is 0 Å². The minimum Gasteiger partial charge on any atom is -0.465 e. The molecule has 2 aromatic rings. The number of rotatable bonds is 6. The maximum Gasteiger partial charge on any atom is 0.337 e. The fourth-order valence-corrected chi connectivity index (χ4v) is 2.38. The van der Waals surface area contributed by atoms with Gasteiger partial charge in [0, 0.05) is 16.8 Å². The average Bonchev–Trinajstić information content (AvgIpc) is 2.66. The van der Waals surface area contributed by atoms with Crippen molar-refractivity contribution in [1.29, 1.82) is 0 Å². The average molecular weight is 388 g/mol. The molecule has 140 valence electrons. The molecule has 0 aliphatic heterocycles. The van der Waals surface area contributed by atoms with Crippen molar-refractivity contribution in [2.24, 2.45) is 0 Å². The number of benzene rings is 2. The summed E-state index contributed by atoms with van der Waals surface area (Å²) >= 11 is 5.86. The highest BCUT2D eigenvalue weighted by Gasteiger charge is 2.08. The number of methoxy groups -OCH3 is 1. The fraction of sp³-hybridized carbons (Fsp3) is 0.150. The van der Waals surface area contributed by atoms with Crippen LogP contribution in [0.4, 0.5) is 5.69 Å². The van der Waals surface area contributed by atoms with Crippen LogP contribution in [0.2, 0.25) is 5.02 Å². The highest BCUT2D eigenvalue weighted by Crippen LogP contribution is 2.19. The van der Waals surface area contributed by atoms with Crippen molar-refractivity contribution in [2.75, 3.05) is 19.0 Å². The Morgan fingerprint density at radius 2 is 1.81 bits per heavy atom. The van der Waals surface area contributed by atoms with E-state index in [1.807, 2.05) is 6.92 Å². The number of esters is 2. The normalized spacial score (nSPS) is 10.5. The van der Waals surface area contributed by atoms with Crippen molar-refractivity contribution in [2.45, 2.75) is 6.92 Å². The molecular formula is C20H18ClNO5. The van der Waals surface area contributed by atoms with E-state index in [2.05, 4.69) is 10.1 Å². The van der Waals surface area contributed by atoms with Crippen molar-refractivity contribution < 1.29 is 23.9 Å². The van der Waals surface area contributed by atoms with Gasteiger partial charge < -0.3 is 14.8 Å². The zero-order valence-corrected chi connectivity index (χ0v) is 15.6. The molecule has 6 nitrogen and oxygen atoms in total. The lowest BCUT2D eigenvalue weighted by molar-refractivity contribution is -0.142. The van der Waals surface area contributed by atoms with Crippen LogP contribution in [0, 0.1) is 6.92 Å². The number of amides is 1. The van der Waals surface area contributed by atoms with Gasteiger partial charge in [-0.25, -0.2) is 9.59 Å². The van der Waals surface area contributed by atoms with Gasteiger partial charge in [-0.1, -0.05) is 23.7 Å². The Kier molecular flexibility index (Phi) is 7.14. The number of ether oxygens (including phenoxy) is 2. The third-order valence-corrected chi connectivity index (χ3v) is 3.79. The molecule has 0 unspecified atom stereocenters. The van der Waals surface area contributed by atoms with Crippen LogP contribution in [0.5, 0.6) is 0 Å². The monoisotopic (exact) mass is 387 g/mol. The minimum atomic E-state index is -0.657. The molecule has 0 aromatic heterocycles. The SMILES string of the molecule is COC(=O)c1ccc(/C=C/C(=O)OCC(=O)Nc2ccc(Cl)cc2C)cc1. The summed E-state index contributed by atoms with van der Waals surface area (Å²) in [6.45, 7) is 1.40. The Labute approximate surface area is 161 Å². The van der Waals surface area contributed by atoms with Crippen molar-refractivity contribution in [1.82, 2.24) is 0 Å². The van der Waals surface area contributed by atoms with Crippen LogP contribution in [0.1, 0.15) is 21.5 Å². The lowest BCUT2D eigenvalue weighted by Gasteiger charge is -2.08. The number of halogens is 1. The van der Waals surface area contributed by atoms with E-state index < -0.39 is 24.5 Å². The van der Waals surface area contributed by atoms with E-state index in [-0.39, 0.29) is 0 Å². The largest absolute Gasteiger partial charge is 0.465 e. The summed E-state index contributed by atoms with van der Waals surface area (Å²) < 4.78 is 9.51. The third-order valence-electron chi connectivity index (χ3n) is 3.55. The highest BCUT2D eigenvalue weighted by atomic mass is 35.5. The first kappa shape index (κ1) is 20.2. The number of anilines is 1. The van der Waals surface area contributed by atoms with E-state index in [0.717, 1.165) is 5.56 Å². The van der Waals surface area contributed by atoms with E-state index in [0.29, 0.717) is 21.8 Å². The lowest BCUT2D eigenvalue weighted by atomic mass is 10.1. The molecule has 0 saturated heterocycles. The van der Waals surface area contributed by atoms with Crippen LogP contribution in [-0.4, -0.2) is 31.6 Å². The Morgan fingerprint density at radius 3 is 2.44 bits per heavy atom. The van der Waals surface area contributed by atoms with Gasteiger partial charge in [0.25, 0.3) is 5.91 Å². The molecule has 0 radical (unpaired) electrons. The summed E-state index contributed by atoms with van der Waals surface area (Å²) in [5, 5.41) is 3.22. The van der Waals surface area contributed by atoms with Crippen molar-refractivity contribution in [3.8, 4) is 0 Å². The fourth-order valence-electron chi connectivity index (χ4n) is 2.15. The molecule has 1 amide bonds. The summed E-state index contributed by atoms with van der Waals surface area (Å²) in [5.41, 5.74) is 2.51. The molecule has 0 heterocycles. The Bertz CT molecular complexity index is 874. The first-order valence-corrected chi connectivity index (χ1v) is 8.36. The first-order valence-electron chi connectivity index (χ1n) is 7.98. The number of hydrogen-bond donors (Lipinski definition) is 1. The molecular weight excluding hydrogens is 370 g/mol. The standard InChI is InChI=1S/C20H18ClNO5/c1-13-11-16(21)8-9-17(13)22-18(23)12-27-19(24)10-5-14-3-6-15(7-4-14)20(25)26-2/h3-11H,12H2,1-2H3,(H,22,23)/b10-5+. The summed E-state index contributed by atoms with van der Waals surface area (Å²) in [6, 6.07) is 11.5. The smallest absolute Gasteiger partial charge is 0.337 e. The first-order chi connectivity index (χ1) is 12.9. The van der Waals surface area contributed by atoms with Crippen molar-refractivity contribution in [3.05, 3.63) is 70.3 Å². The van der Waals surface area contributed by atoms with E-state index >= 15 is 0 Å². The summed E-state index contributed by atoms with van der Waals surface area (Å²) in [7, 11) is 1.30. The topological polar surface area (TPSA) is 81.7 Å².